The monoisotopic (exact) mass is 232 g/mol. The van der Waals surface area contributed by atoms with Gasteiger partial charge in [-0.1, -0.05) is 0 Å². The predicted octanol–water partition coefficient (Wildman–Crippen LogP) is -4.93. The third-order valence-corrected chi connectivity index (χ3v) is 0.686. The van der Waals surface area contributed by atoms with Crippen LogP contribution in [-0.4, -0.2) is 27.5 Å². The Labute approximate surface area is 100 Å². The minimum atomic E-state index is -4.92. The summed E-state index contributed by atoms with van der Waals surface area (Å²) < 4.78 is 32.8. The molecule has 1 rings (SSSR count). The van der Waals surface area contributed by atoms with Crippen LogP contribution in [0, 0.1) is 0 Å². The van der Waals surface area contributed by atoms with Crippen molar-refractivity contribution in [3.05, 3.63) is 33.1 Å². The molecule has 0 atom stereocenters. The van der Waals surface area contributed by atoms with Crippen LogP contribution in [0.25, 0.3) is 0 Å². The van der Waals surface area contributed by atoms with Crippen LogP contribution in [0.15, 0.2) is 21.9 Å². The second kappa shape index (κ2) is 6.92. The molecule has 0 saturated heterocycles. The minimum absolute atomic E-state index is 0. The van der Waals surface area contributed by atoms with Gasteiger partial charge in [-0.15, -0.1) is 0 Å². The van der Waals surface area contributed by atoms with Crippen molar-refractivity contribution in [1.82, 2.24) is 9.97 Å². The summed E-state index contributed by atoms with van der Waals surface area (Å²) in [6, 6.07) is 1.24. The first-order chi connectivity index (χ1) is 5.79. The Morgan fingerprint density at radius 2 is 1.79 bits per heavy atom. The van der Waals surface area contributed by atoms with Gasteiger partial charge >= 0.3 is 35.2 Å². The zero-order valence-corrected chi connectivity index (χ0v) is 9.87. The second-order valence-electron chi connectivity index (χ2n) is 1.72. The third kappa shape index (κ3) is 14.1. The summed E-state index contributed by atoms with van der Waals surface area (Å²) in [5.41, 5.74) is -0.855. The van der Waals surface area contributed by atoms with Gasteiger partial charge in [0.2, 0.25) is 10.4 Å². The Hall–Kier alpha value is -0.450. The fourth-order valence-electron chi connectivity index (χ4n) is 0.383. The summed E-state index contributed by atoms with van der Waals surface area (Å²) in [5, 5.41) is 0. The number of aromatic nitrogens is 2. The maximum absolute atomic E-state index is 10.2. The third-order valence-electron chi connectivity index (χ3n) is 0.686. The molecule has 1 aromatic heterocycles. The van der Waals surface area contributed by atoms with Crippen molar-refractivity contribution in [2.75, 3.05) is 0 Å². The Bertz CT molecular complexity index is 428. The zero-order chi connectivity index (χ0) is 10.5. The van der Waals surface area contributed by atoms with Crippen molar-refractivity contribution in [3.8, 4) is 0 Å². The molecular formula is C4H5N2NaO6S. The van der Waals surface area contributed by atoms with Crippen LogP contribution >= 0.6 is 0 Å². The summed E-state index contributed by atoms with van der Waals surface area (Å²) in [7, 11) is -4.92. The number of H-pyrrole nitrogens is 2. The molecule has 1 heterocycles. The molecular weight excluding hydrogens is 227 g/mol. The molecule has 0 unspecified atom stereocenters. The van der Waals surface area contributed by atoms with E-state index >= 15 is 0 Å². The number of hydrogen-bond donors (Lipinski definition) is 3. The van der Waals surface area contributed by atoms with Gasteiger partial charge in [-0.05, 0) is 0 Å². The van der Waals surface area contributed by atoms with E-state index in [4.69, 9.17) is 17.5 Å². The molecule has 10 heteroatoms. The van der Waals surface area contributed by atoms with Crippen LogP contribution in [0.1, 0.15) is 0 Å². The maximum Gasteiger partial charge on any atom is 1.00 e. The molecule has 1 aromatic rings. The Morgan fingerprint density at radius 3 is 2.00 bits per heavy atom. The maximum atomic E-state index is 10.2. The molecule has 0 aliphatic carbocycles. The molecule has 0 aliphatic rings. The van der Waals surface area contributed by atoms with E-state index in [-0.39, 0.29) is 35.1 Å². The minimum Gasteiger partial charge on any atom is -0.726 e. The molecule has 0 amide bonds. The molecule has 3 N–H and O–H groups in total. The molecule has 0 aromatic carbocycles. The number of hydrogen-bond acceptors (Lipinski definition) is 5. The molecule has 0 spiro atoms. The molecule has 8 nitrogen and oxygen atoms in total. The number of rotatable bonds is 0. The van der Waals surface area contributed by atoms with Crippen LogP contribution in [0.5, 0.6) is 0 Å². The van der Waals surface area contributed by atoms with Gasteiger partial charge in [0.1, 0.15) is 0 Å². The Balaban J connectivity index is 0. The van der Waals surface area contributed by atoms with Gasteiger partial charge < -0.3 is 9.54 Å². The van der Waals surface area contributed by atoms with Crippen molar-refractivity contribution < 1.29 is 47.1 Å². The van der Waals surface area contributed by atoms with Gasteiger partial charge in [0.15, 0.2) is 0 Å². The normalized spacial score (nSPS) is 9.29. The van der Waals surface area contributed by atoms with Crippen molar-refractivity contribution >= 4 is 10.4 Å². The van der Waals surface area contributed by atoms with Crippen LogP contribution in [0.4, 0.5) is 0 Å². The summed E-state index contributed by atoms with van der Waals surface area (Å²) >= 11 is 0. The van der Waals surface area contributed by atoms with Crippen LogP contribution in [0.3, 0.4) is 0 Å². The SMILES string of the molecule is O=S(=O)([O-])O.O=c1cc[nH]c(=O)[nH]1.[Na+]. The van der Waals surface area contributed by atoms with E-state index in [1.165, 1.54) is 12.3 Å². The van der Waals surface area contributed by atoms with Crippen LogP contribution < -0.4 is 40.8 Å². The predicted molar refractivity (Wildman–Crippen MR) is 40.0 cm³/mol. The van der Waals surface area contributed by atoms with Crippen molar-refractivity contribution in [2.24, 2.45) is 0 Å². The fraction of sp³-hybridized carbons (Fsp3) is 0. The molecule has 0 aliphatic heterocycles. The quantitative estimate of drug-likeness (QED) is 0.232. The first kappa shape index (κ1) is 16.0. The summed E-state index contributed by atoms with van der Waals surface area (Å²) in [4.78, 5) is 24.7. The summed E-state index contributed by atoms with van der Waals surface area (Å²) in [6.07, 6.45) is 1.29. The van der Waals surface area contributed by atoms with Crippen molar-refractivity contribution in [1.29, 1.82) is 0 Å². The van der Waals surface area contributed by atoms with E-state index in [0.29, 0.717) is 0 Å². The topological polar surface area (TPSA) is 143 Å². The zero-order valence-electron chi connectivity index (χ0n) is 7.05. The van der Waals surface area contributed by atoms with E-state index in [9.17, 15) is 9.59 Å². The molecule has 0 radical (unpaired) electrons. The van der Waals surface area contributed by atoms with Gasteiger partial charge in [-0.2, -0.15) is 0 Å². The smallest absolute Gasteiger partial charge is 0.726 e. The first-order valence-corrected chi connectivity index (χ1v) is 4.12. The molecule has 74 valence electrons. The average Bonchev–Trinajstić information content (AvgIpc) is 1.81. The number of aromatic amines is 2. The molecule has 0 saturated carbocycles. The van der Waals surface area contributed by atoms with Crippen molar-refractivity contribution in [2.45, 2.75) is 0 Å². The second-order valence-corrected chi connectivity index (χ2v) is 2.58. The van der Waals surface area contributed by atoms with Gasteiger partial charge in [0.25, 0.3) is 5.56 Å². The Kier molecular flexibility index (Phi) is 7.91. The van der Waals surface area contributed by atoms with Gasteiger partial charge in [0.05, 0.1) is 0 Å². The Morgan fingerprint density at radius 1 is 1.36 bits per heavy atom. The van der Waals surface area contributed by atoms with E-state index in [1.807, 2.05) is 4.98 Å². The number of nitrogens with one attached hydrogen (secondary N) is 2. The van der Waals surface area contributed by atoms with Gasteiger partial charge in [0, 0.05) is 12.3 Å². The van der Waals surface area contributed by atoms with Crippen molar-refractivity contribution in [3.63, 3.8) is 0 Å². The van der Waals surface area contributed by atoms with E-state index < -0.39 is 16.1 Å². The van der Waals surface area contributed by atoms with E-state index in [0.717, 1.165) is 0 Å². The van der Waals surface area contributed by atoms with E-state index in [1.54, 1.807) is 0 Å². The van der Waals surface area contributed by atoms with Crippen LogP contribution in [0.2, 0.25) is 0 Å². The van der Waals surface area contributed by atoms with Gasteiger partial charge in [-0.3, -0.25) is 14.3 Å². The average molecular weight is 232 g/mol. The first-order valence-electron chi connectivity index (χ1n) is 2.75. The summed E-state index contributed by atoms with van der Waals surface area (Å²) in [6.45, 7) is 0. The largest absolute Gasteiger partial charge is 1.00 e. The molecule has 0 bridgehead atoms. The molecule has 0 fully saturated rings. The van der Waals surface area contributed by atoms with Gasteiger partial charge in [-0.25, -0.2) is 13.2 Å². The van der Waals surface area contributed by atoms with E-state index in [2.05, 4.69) is 4.98 Å². The standard InChI is InChI=1S/C4H4N2O2.Na.H2O4S/c7-3-1-2-5-4(8)6-3;;1-5(2,3)4/h1-2H,(H2,5,6,7,8);;(H2,1,2,3,4)/q;+1;/p-1. The van der Waals surface area contributed by atoms with Crippen LogP contribution in [-0.2, 0) is 10.4 Å². The summed E-state index contributed by atoms with van der Waals surface area (Å²) in [5.74, 6) is 0. The molecule has 14 heavy (non-hydrogen) atoms. The fourth-order valence-corrected chi connectivity index (χ4v) is 0.383.